The number of H-pyrrole nitrogens is 1. The maximum atomic E-state index is 15.0. The summed E-state index contributed by atoms with van der Waals surface area (Å²) < 4.78 is 26.6. The molecule has 2 N–H and O–H groups in total. The Labute approximate surface area is 323 Å². The lowest BCUT2D eigenvalue weighted by molar-refractivity contribution is -0.228. The number of nitrogens with zero attached hydrogens (tertiary/aromatic N) is 3. The van der Waals surface area contributed by atoms with E-state index >= 15 is 0 Å². The summed E-state index contributed by atoms with van der Waals surface area (Å²) in [6.07, 6.45) is 9.52. The molecule has 1 saturated heterocycles. The highest BCUT2D eigenvalue weighted by atomic mass is 19.1. The van der Waals surface area contributed by atoms with E-state index in [-0.39, 0.29) is 11.9 Å². The summed E-state index contributed by atoms with van der Waals surface area (Å²) >= 11 is 0. The summed E-state index contributed by atoms with van der Waals surface area (Å²) in [4.78, 5) is 38.2. The van der Waals surface area contributed by atoms with Crippen LogP contribution in [0.4, 0.5) is 10.1 Å². The molecule has 292 valence electrons. The van der Waals surface area contributed by atoms with Gasteiger partial charge in [-0.2, -0.15) is 0 Å². The SMILES string of the molecule is CCC1=C[C@@H]2CN(CCc3c([nH]c4ccc(F)cc34)[C@@](C)(c3cc4c(cc3C)N(C)C3C(O)(C(=O)OC)[C@H](OC(C)=O)[C@]5(CC)C=CCN6CC[C@]43[C@@H]65)C2)C1. The fourth-order valence-corrected chi connectivity index (χ4v) is 13.0. The van der Waals surface area contributed by atoms with Gasteiger partial charge in [-0.25, -0.2) is 9.18 Å². The molecule has 10 heteroatoms. The lowest BCUT2D eigenvalue weighted by atomic mass is 9.47. The molecule has 2 fully saturated rings. The van der Waals surface area contributed by atoms with Gasteiger partial charge in [0.2, 0.25) is 5.60 Å². The first-order valence-corrected chi connectivity index (χ1v) is 20.3. The van der Waals surface area contributed by atoms with E-state index in [0.717, 1.165) is 85.4 Å². The zero-order valence-electron chi connectivity index (χ0n) is 33.3. The number of methoxy groups -OCH3 is 1. The molecule has 2 aromatic carbocycles. The van der Waals surface area contributed by atoms with Gasteiger partial charge in [0.25, 0.3) is 0 Å². The summed E-state index contributed by atoms with van der Waals surface area (Å²) in [5.41, 5.74) is 4.89. The molecule has 0 amide bonds. The Morgan fingerprint density at radius 1 is 1.11 bits per heavy atom. The van der Waals surface area contributed by atoms with Crippen molar-refractivity contribution in [3.05, 3.63) is 87.9 Å². The highest BCUT2D eigenvalue weighted by molar-refractivity contribution is 5.88. The molecule has 9 rings (SSSR count). The summed E-state index contributed by atoms with van der Waals surface area (Å²) in [7, 11) is 3.27. The van der Waals surface area contributed by atoms with Crippen LogP contribution in [0, 0.1) is 24.1 Å². The molecule has 9 nitrogen and oxygen atoms in total. The first-order chi connectivity index (χ1) is 26.3. The van der Waals surface area contributed by atoms with Crippen LogP contribution in [0.15, 0.2) is 54.1 Å². The molecular weight excluding hydrogens is 696 g/mol. The third kappa shape index (κ3) is 4.80. The second-order valence-corrected chi connectivity index (χ2v) is 17.7. The third-order valence-corrected chi connectivity index (χ3v) is 15.0. The van der Waals surface area contributed by atoms with Crippen molar-refractivity contribution in [3.8, 4) is 0 Å². The Kier molecular flexibility index (Phi) is 8.33. The van der Waals surface area contributed by atoms with Crippen LogP contribution in [0.5, 0.6) is 0 Å². The van der Waals surface area contributed by atoms with Gasteiger partial charge < -0.3 is 24.5 Å². The number of aryl methyl sites for hydroxylation is 1. The highest BCUT2D eigenvalue weighted by Gasteiger charge is 2.80. The Bertz CT molecular complexity index is 2180. The molecule has 1 aromatic heterocycles. The van der Waals surface area contributed by atoms with Crippen molar-refractivity contribution in [2.24, 2.45) is 11.3 Å². The molecule has 3 aromatic rings. The first kappa shape index (κ1) is 36.6. The number of carbonyl (C=O) groups excluding carboxylic acids is 2. The average Bonchev–Trinajstić information content (AvgIpc) is 3.82. The maximum absolute atomic E-state index is 15.0. The van der Waals surface area contributed by atoms with Crippen LogP contribution in [0.1, 0.15) is 81.3 Å². The molecule has 1 aliphatic carbocycles. The van der Waals surface area contributed by atoms with Crippen molar-refractivity contribution < 1.29 is 28.6 Å². The minimum Gasteiger partial charge on any atom is -0.467 e. The van der Waals surface area contributed by atoms with Crippen LogP contribution in [-0.4, -0.2) is 102 Å². The number of anilines is 1. The molecule has 0 radical (unpaired) electrons. The number of halogens is 1. The molecule has 6 aliphatic rings. The average molecular weight is 751 g/mol. The number of aliphatic hydroxyl groups is 1. The van der Waals surface area contributed by atoms with Gasteiger partial charge in [-0.15, -0.1) is 0 Å². The number of nitrogens with one attached hydrogen (secondary N) is 1. The lowest BCUT2D eigenvalue weighted by Gasteiger charge is -2.63. The van der Waals surface area contributed by atoms with Crippen LogP contribution < -0.4 is 4.90 Å². The van der Waals surface area contributed by atoms with Crippen LogP contribution in [-0.2, 0) is 36.3 Å². The van der Waals surface area contributed by atoms with E-state index in [1.807, 2.05) is 13.1 Å². The molecule has 3 unspecified atom stereocenters. The second kappa shape index (κ2) is 12.5. The number of carbonyl (C=O) groups is 2. The van der Waals surface area contributed by atoms with Gasteiger partial charge >= 0.3 is 11.9 Å². The number of likely N-dealkylation sites (N-methyl/N-ethyl adjacent to an activating group) is 1. The standard InChI is InChI=1S/C45H55FN4O5/c1-8-28-20-29-23-42(5,37-31(13-17-49(24-28)25-29)32-21-30(46)11-12-35(32)47-37)33-22-34-36(19-26(33)3)48(6)39-44(34)15-18-50-16-10-14-43(9-2,38(44)50)40(55-27(4)51)45(39,53)41(52)54-7/h10-12,14,19-22,29,38-40,47,53H,8-9,13,15-18,23-25H2,1-7H3/t29-,38-,39?,40+,42+,43+,44+,45?/m0/s1. The quantitative estimate of drug-likeness (QED) is 0.239. The normalized spacial score (nSPS) is 36.2. The number of hydrogen-bond donors (Lipinski definition) is 2. The number of benzene rings is 2. The topological polar surface area (TPSA) is 98.3 Å². The number of fused-ring (bicyclic) bond motifs is 6. The van der Waals surface area contributed by atoms with E-state index in [2.05, 4.69) is 77.7 Å². The largest absolute Gasteiger partial charge is 0.467 e. The monoisotopic (exact) mass is 750 g/mol. The molecule has 5 aliphatic heterocycles. The fourth-order valence-electron chi connectivity index (χ4n) is 13.0. The van der Waals surface area contributed by atoms with Crippen LogP contribution in [0.25, 0.3) is 10.9 Å². The summed E-state index contributed by atoms with van der Waals surface area (Å²) in [5, 5.41) is 14.2. The zero-order valence-corrected chi connectivity index (χ0v) is 33.3. The minimum absolute atomic E-state index is 0.157. The summed E-state index contributed by atoms with van der Waals surface area (Å²) in [6, 6.07) is 8.85. The Hall–Kier alpha value is -3.99. The fraction of sp³-hybridized carbons (Fsp3) is 0.556. The number of rotatable bonds is 5. The van der Waals surface area contributed by atoms with Gasteiger partial charge in [0.15, 0.2) is 6.10 Å². The molecule has 55 heavy (non-hydrogen) atoms. The predicted molar refractivity (Wildman–Crippen MR) is 211 cm³/mol. The predicted octanol–water partition coefficient (Wildman–Crippen LogP) is 6.08. The van der Waals surface area contributed by atoms with Gasteiger partial charge in [0.1, 0.15) is 5.82 Å². The van der Waals surface area contributed by atoms with Crippen molar-refractivity contribution in [1.29, 1.82) is 0 Å². The number of aromatic nitrogens is 1. The van der Waals surface area contributed by atoms with E-state index in [9.17, 15) is 19.1 Å². The van der Waals surface area contributed by atoms with Crippen molar-refractivity contribution in [2.75, 3.05) is 51.8 Å². The van der Waals surface area contributed by atoms with E-state index in [0.29, 0.717) is 18.8 Å². The molecule has 2 bridgehead atoms. The van der Waals surface area contributed by atoms with E-state index in [1.165, 1.54) is 30.7 Å². The van der Waals surface area contributed by atoms with Crippen LogP contribution in [0.3, 0.4) is 0 Å². The smallest absolute Gasteiger partial charge is 0.344 e. The third-order valence-electron chi connectivity index (χ3n) is 15.0. The Morgan fingerprint density at radius 3 is 2.64 bits per heavy atom. The Morgan fingerprint density at radius 2 is 1.91 bits per heavy atom. The van der Waals surface area contributed by atoms with E-state index in [1.54, 1.807) is 12.1 Å². The molecule has 1 saturated carbocycles. The number of ether oxygens (including phenoxy) is 2. The van der Waals surface area contributed by atoms with Crippen molar-refractivity contribution >= 4 is 28.5 Å². The van der Waals surface area contributed by atoms with Crippen LogP contribution >= 0.6 is 0 Å². The van der Waals surface area contributed by atoms with Gasteiger partial charge in [-0.05, 0) is 105 Å². The van der Waals surface area contributed by atoms with Gasteiger partial charge in [-0.3, -0.25) is 14.6 Å². The van der Waals surface area contributed by atoms with Crippen molar-refractivity contribution in [3.63, 3.8) is 0 Å². The van der Waals surface area contributed by atoms with Crippen molar-refractivity contribution in [2.45, 2.75) is 101 Å². The van der Waals surface area contributed by atoms with Crippen molar-refractivity contribution in [1.82, 2.24) is 14.8 Å². The van der Waals surface area contributed by atoms with Gasteiger partial charge in [0, 0.05) is 84.7 Å². The number of aromatic amines is 1. The number of hydrogen-bond acceptors (Lipinski definition) is 8. The van der Waals surface area contributed by atoms with Crippen LogP contribution in [0.2, 0.25) is 0 Å². The van der Waals surface area contributed by atoms with Gasteiger partial charge in [-0.1, -0.05) is 43.7 Å². The van der Waals surface area contributed by atoms with E-state index < -0.39 is 45.9 Å². The Balaban J connectivity index is 1.31. The minimum atomic E-state index is -2.17. The number of esters is 2. The van der Waals surface area contributed by atoms with E-state index in [4.69, 9.17) is 9.47 Å². The molecule has 6 heterocycles. The van der Waals surface area contributed by atoms with Gasteiger partial charge in [0.05, 0.1) is 13.2 Å². The summed E-state index contributed by atoms with van der Waals surface area (Å²) in [5.74, 6) is -1.26. The second-order valence-electron chi connectivity index (χ2n) is 17.7. The molecule has 9 atom stereocenters. The lowest BCUT2D eigenvalue weighted by Crippen LogP contribution is -2.81. The molecular formula is C45H55FN4O5. The zero-order chi connectivity index (χ0) is 38.8. The summed E-state index contributed by atoms with van der Waals surface area (Å²) in [6.45, 7) is 14.5. The maximum Gasteiger partial charge on any atom is 0.344 e. The highest BCUT2D eigenvalue weighted by Crippen LogP contribution is 2.68. The molecule has 1 spiro atoms. The first-order valence-electron chi connectivity index (χ1n) is 20.3.